The van der Waals surface area contributed by atoms with Gasteiger partial charge in [-0.25, -0.2) is 10.5 Å². The molecule has 1 saturated heterocycles. The SMILES string of the molecule is Cl.Cl.O=C(/C=C/c1cnc(N[C@@H]2CCN(Cc3cccc(Cl)c3)C2)cn1)NO. The maximum atomic E-state index is 10.9. The van der Waals surface area contributed by atoms with Crippen molar-refractivity contribution in [1.82, 2.24) is 20.3 Å². The van der Waals surface area contributed by atoms with Gasteiger partial charge in [0.1, 0.15) is 5.82 Å². The Kier molecular flexibility index (Phi) is 10.2. The predicted molar refractivity (Wildman–Crippen MR) is 114 cm³/mol. The van der Waals surface area contributed by atoms with Crippen LogP contribution in [0.5, 0.6) is 0 Å². The number of benzene rings is 1. The van der Waals surface area contributed by atoms with Crippen LogP contribution in [-0.4, -0.2) is 45.1 Å². The van der Waals surface area contributed by atoms with E-state index in [-0.39, 0.29) is 24.8 Å². The Balaban J connectivity index is 0.00000196. The van der Waals surface area contributed by atoms with Crippen LogP contribution in [0.4, 0.5) is 5.82 Å². The number of hydrogen-bond donors (Lipinski definition) is 3. The van der Waals surface area contributed by atoms with E-state index in [2.05, 4.69) is 26.3 Å². The molecule has 1 amide bonds. The van der Waals surface area contributed by atoms with E-state index in [4.69, 9.17) is 16.8 Å². The van der Waals surface area contributed by atoms with Crippen LogP contribution >= 0.6 is 36.4 Å². The number of carbonyl (C=O) groups excluding carboxylic acids is 1. The number of likely N-dealkylation sites (tertiary alicyclic amines) is 1. The van der Waals surface area contributed by atoms with Crippen molar-refractivity contribution in [1.29, 1.82) is 0 Å². The van der Waals surface area contributed by atoms with E-state index in [1.165, 1.54) is 23.2 Å². The molecule has 0 unspecified atom stereocenters. The highest BCUT2D eigenvalue weighted by molar-refractivity contribution is 6.30. The third kappa shape index (κ3) is 7.26. The van der Waals surface area contributed by atoms with E-state index < -0.39 is 5.91 Å². The highest BCUT2D eigenvalue weighted by Gasteiger charge is 2.22. The zero-order valence-corrected chi connectivity index (χ0v) is 17.3. The molecule has 0 saturated carbocycles. The maximum Gasteiger partial charge on any atom is 0.267 e. The van der Waals surface area contributed by atoms with Crippen molar-refractivity contribution in [2.75, 3.05) is 18.4 Å². The van der Waals surface area contributed by atoms with Crippen molar-refractivity contribution in [3.05, 3.63) is 59.0 Å². The molecule has 3 rings (SSSR count). The van der Waals surface area contributed by atoms with Crippen LogP contribution in [0.15, 0.2) is 42.7 Å². The van der Waals surface area contributed by atoms with Crippen LogP contribution in [-0.2, 0) is 11.3 Å². The van der Waals surface area contributed by atoms with Gasteiger partial charge in [-0.1, -0.05) is 23.7 Å². The number of nitrogens with zero attached hydrogens (tertiary/aromatic N) is 3. The number of halogens is 3. The van der Waals surface area contributed by atoms with E-state index in [0.29, 0.717) is 17.6 Å². The summed E-state index contributed by atoms with van der Waals surface area (Å²) in [5.74, 6) is 0.0862. The molecule has 3 N–H and O–H groups in total. The number of rotatable bonds is 6. The molecule has 1 aromatic heterocycles. The van der Waals surface area contributed by atoms with Gasteiger partial charge in [0, 0.05) is 36.8 Å². The molecule has 0 radical (unpaired) electrons. The topological polar surface area (TPSA) is 90.4 Å². The summed E-state index contributed by atoms with van der Waals surface area (Å²) >= 11 is 6.04. The van der Waals surface area contributed by atoms with Gasteiger partial charge in [-0.05, 0) is 30.2 Å². The molecule has 0 aliphatic carbocycles. The summed E-state index contributed by atoms with van der Waals surface area (Å²) in [6.45, 7) is 2.81. The molecule has 2 aromatic rings. The number of amides is 1. The van der Waals surface area contributed by atoms with Gasteiger partial charge in [0.15, 0.2) is 0 Å². The average molecular weight is 447 g/mol. The second-order valence-corrected chi connectivity index (χ2v) is 6.57. The molecular weight excluding hydrogens is 425 g/mol. The molecule has 1 aliphatic heterocycles. The molecule has 1 aromatic carbocycles. The summed E-state index contributed by atoms with van der Waals surface area (Å²) in [7, 11) is 0. The molecule has 0 spiro atoms. The van der Waals surface area contributed by atoms with Gasteiger partial charge >= 0.3 is 0 Å². The van der Waals surface area contributed by atoms with Gasteiger partial charge in [-0.2, -0.15) is 0 Å². The molecule has 10 heteroatoms. The van der Waals surface area contributed by atoms with Crippen molar-refractivity contribution in [2.45, 2.75) is 19.0 Å². The minimum atomic E-state index is -0.611. The maximum absolute atomic E-state index is 10.9. The van der Waals surface area contributed by atoms with Gasteiger partial charge in [-0.15, -0.1) is 24.8 Å². The lowest BCUT2D eigenvalue weighted by atomic mass is 10.2. The zero-order chi connectivity index (χ0) is 18.4. The minimum Gasteiger partial charge on any atom is -0.365 e. The Hall–Kier alpha value is -1.90. The predicted octanol–water partition coefficient (Wildman–Crippen LogP) is 3.18. The van der Waals surface area contributed by atoms with Crippen molar-refractivity contribution < 1.29 is 10.0 Å². The van der Waals surface area contributed by atoms with Gasteiger partial charge in [-0.3, -0.25) is 19.9 Å². The Bertz CT molecular complexity index is 789. The quantitative estimate of drug-likeness (QED) is 0.359. The second-order valence-electron chi connectivity index (χ2n) is 6.13. The van der Waals surface area contributed by atoms with Gasteiger partial charge in [0.2, 0.25) is 0 Å². The van der Waals surface area contributed by atoms with E-state index in [9.17, 15) is 4.79 Å². The first-order valence-corrected chi connectivity index (χ1v) is 8.68. The fourth-order valence-electron chi connectivity index (χ4n) is 2.89. The largest absolute Gasteiger partial charge is 0.365 e. The van der Waals surface area contributed by atoms with Crippen LogP contribution in [0, 0.1) is 0 Å². The molecule has 7 nitrogen and oxygen atoms in total. The van der Waals surface area contributed by atoms with Crippen molar-refractivity contribution in [3.8, 4) is 0 Å². The van der Waals surface area contributed by atoms with Crippen molar-refractivity contribution >= 4 is 54.2 Å². The van der Waals surface area contributed by atoms with Gasteiger partial charge in [0.25, 0.3) is 5.91 Å². The number of hydroxylamine groups is 1. The molecule has 1 fully saturated rings. The molecule has 2 heterocycles. The average Bonchev–Trinajstić information content (AvgIpc) is 3.07. The van der Waals surface area contributed by atoms with E-state index in [1.54, 1.807) is 12.4 Å². The number of aromatic nitrogens is 2. The minimum absolute atomic E-state index is 0. The number of nitrogens with one attached hydrogen (secondary N) is 2. The molecular formula is C18H22Cl3N5O2. The Labute approximate surface area is 181 Å². The Morgan fingerprint density at radius 3 is 2.82 bits per heavy atom. The van der Waals surface area contributed by atoms with Crippen molar-refractivity contribution in [3.63, 3.8) is 0 Å². The zero-order valence-electron chi connectivity index (χ0n) is 14.9. The van der Waals surface area contributed by atoms with Gasteiger partial charge < -0.3 is 5.32 Å². The summed E-state index contributed by atoms with van der Waals surface area (Å²) in [6.07, 6.45) is 6.89. The molecule has 152 valence electrons. The fourth-order valence-corrected chi connectivity index (χ4v) is 3.11. The van der Waals surface area contributed by atoms with Crippen LogP contribution in [0.25, 0.3) is 6.08 Å². The van der Waals surface area contributed by atoms with Gasteiger partial charge in [0.05, 0.1) is 18.1 Å². The first-order chi connectivity index (χ1) is 12.6. The Morgan fingerprint density at radius 2 is 2.14 bits per heavy atom. The molecule has 1 atom stereocenters. The van der Waals surface area contributed by atoms with Crippen LogP contribution in [0.2, 0.25) is 5.02 Å². The smallest absolute Gasteiger partial charge is 0.267 e. The van der Waals surface area contributed by atoms with Crippen LogP contribution < -0.4 is 10.8 Å². The lowest BCUT2D eigenvalue weighted by Crippen LogP contribution is -2.26. The second kappa shape index (κ2) is 11.8. The number of hydrogen-bond acceptors (Lipinski definition) is 6. The van der Waals surface area contributed by atoms with Crippen LogP contribution in [0.3, 0.4) is 0 Å². The molecule has 28 heavy (non-hydrogen) atoms. The third-order valence-electron chi connectivity index (χ3n) is 4.11. The highest BCUT2D eigenvalue weighted by atomic mass is 35.5. The standard InChI is InChI=1S/C18H20ClN5O2.2ClH/c19-14-3-1-2-13(8-14)11-24-7-6-16(12-24)22-17-10-20-15(9-21-17)4-5-18(25)23-26;;/h1-5,8-10,16,26H,6-7,11-12H2,(H,21,22)(H,23,25);2*1H/b5-4+;;/t16-;;/m1../s1. The van der Waals surface area contributed by atoms with E-state index in [0.717, 1.165) is 31.1 Å². The fraction of sp³-hybridized carbons (Fsp3) is 0.278. The number of anilines is 1. The summed E-state index contributed by atoms with van der Waals surface area (Å²) < 4.78 is 0. The lowest BCUT2D eigenvalue weighted by molar-refractivity contribution is -0.124. The monoisotopic (exact) mass is 445 g/mol. The first kappa shape index (κ1) is 24.1. The summed E-state index contributed by atoms with van der Waals surface area (Å²) in [5, 5.41) is 12.6. The van der Waals surface area contributed by atoms with E-state index >= 15 is 0 Å². The summed E-state index contributed by atoms with van der Waals surface area (Å²) in [4.78, 5) is 21.9. The lowest BCUT2D eigenvalue weighted by Gasteiger charge is -2.17. The normalized spacial score (nSPS) is 16.3. The number of carbonyl (C=O) groups is 1. The van der Waals surface area contributed by atoms with E-state index in [1.807, 2.05) is 18.2 Å². The third-order valence-corrected chi connectivity index (χ3v) is 4.34. The highest BCUT2D eigenvalue weighted by Crippen LogP contribution is 2.18. The molecule has 0 bridgehead atoms. The Morgan fingerprint density at radius 1 is 1.32 bits per heavy atom. The van der Waals surface area contributed by atoms with Crippen molar-refractivity contribution in [2.24, 2.45) is 0 Å². The van der Waals surface area contributed by atoms with Crippen LogP contribution in [0.1, 0.15) is 17.7 Å². The first-order valence-electron chi connectivity index (χ1n) is 8.30. The summed E-state index contributed by atoms with van der Waals surface area (Å²) in [6, 6.07) is 8.25. The summed E-state index contributed by atoms with van der Waals surface area (Å²) in [5.41, 5.74) is 3.27. The molecule has 1 aliphatic rings.